The van der Waals surface area contributed by atoms with Crippen LogP contribution in [-0.4, -0.2) is 69.2 Å². The number of carbonyl (C=O) groups excluding carboxylic acids is 4. The summed E-state index contributed by atoms with van der Waals surface area (Å²) in [6, 6.07) is 0. The summed E-state index contributed by atoms with van der Waals surface area (Å²) in [5, 5.41) is 35.1. The second kappa shape index (κ2) is 10.1. The van der Waals surface area contributed by atoms with Gasteiger partial charge in [0.15, 0.2) is 12.4 Å². The van der Waals surface area contributed by atoms with Gasteiger partial charge < -0.3 is 25.4 Å². The fraction of sp³-hybridized carbons (Fsp3) is 0.793. The minimum atomic E-state index is -1.72. The quantitative estimate of drug-likeness (QED) is 0.346. The van der Waals surface area contributed by atoms with Gasteiger partial charge in [0, 0.05) is 18.3 Å². The molecule has 0 unspecified atom stereocenters. The molecule has 4 N–H and O–H groups in total. The maximum atomic E-state index is 13.3. The highest BCUT2D eigenvalue weighted by Crippen LogP contribution is 2.67. The first-order valence-electron chi connectivity index (χ1n) is 13.9. The first-order valence-corrected chi connectivity index (χ1v) is 13.9. The molecule has 0 aliphatic heterocycles. The fourth-order valence-corrected chi connectivity index (χ4v) is 8.18. The molecule has 0 aromatic rings. The van der Waals surface area contributed by atoms with Gasteiger partial charge in [-0.2, -0.15) is 0 Å². The Balaban J connectivity index is 1.40. The number of ether oxygens (including phenoxy) is 1. The summed E-state index contributed by atoms with van der Waals surface area (Å²) in [6.07, 6.45) is 4.65. The number of ketones is 2. The molecule has 1 amide bonds. The zero-order chi connectivity index (χ0) is 28.1. The van der Waals surface area contributed by atoms with E-state index in [0.29, 0.717) is 19.3 Å². The van der Waals surface area contributed by atoms with Crippen LogP contribution in [0.2, 0.25) is 0 Å². The second-order valence-corrected chi connectivity index (χ2v) is 13.2. The van der Waals surface area contributed by atoms with Crippen molar-refractivity contribution in [2.24, 2.45) is 28.6 Å². The van der Waals surface area contributed by atoms with Gasteiger partial charge in [0.05, 0.1) is 24.7 Å². The standard InChI is InChI=1S/C29H43NO8/c1-26(2,16-31)30-23(35)7-8-24(36)38-15-22(34)29(37)12-10-20-19-6-5-17-13-18(32)9-11-27(17,3)25(19)21(33)14-28(20,29)4/h13,19-21,25,31,33,37H,5-12,14-16H2,1-4H3,(H,30,35)/t19-,20+,21+,25+,27-,28-,29-/m0/s1. The molecule has 4 aliphatic rings. The Morgan fingerprint density at radius 2 is 1.84 bits per heavy atom. The number of aliphatic hydroxyl groups excluding tert-OH is 2. The number of nitrogens with one attached hydrogen (secondary N) is 1. The molecule has 4 aliphatic carbocycles. The van der Waals surface area contributed by atoms with E-state index in [-0.39, 0.29) is 61.2 Å². The normalized spacial score (nSPS) is 38.4. The number of hydrogen-bond donors (Lipinski definition) is 4. The third kappa shape index (κ3) is 4.86. The van der Waals surface area contributed by atoms with Crippen LogP contribution in [0, 0.1) is 28.6 Å². The third-order valence-corrected chi connectivity index (χ3v) is 10.3. The van der Waals surface area contributed by atoms with Gasteiger partial charge in [-0.1, -0.05) is 19.4 Å². The van der Waals surface area contributed by atoms with Crippen LogP contribution < -0.4 is 5.32 Å². The molecule has 0 aromatic carbocycles. The van der Waals surface area contributed by atoms with E-state index < -0.39 is 46.9 Å². The molecule has 0 spiro atoms. The highest BCUT2D eigenvalue weighted by Gasteiger charge is 2.68. The first-order chi connectivity index (χ1) is 17.7. The molecule has 0 heterocycles. The number of allylic oxidation sites excluding steroid dienone is 1. The van der Waals surface area contributed by atoms with Gasteiger partial charge in [0.25, 0.3) is 0 Å². The van der Waals surface area contributed by atoms with Crippen molar-refractivity contribution in [3.05, 3.63) is 11.6 Å². The summed E-state index contributed by atoms with van der Waals surface area (Å²) >= 11 is 0. The van der Waals surface area contributed by atoms with Crippen LogP contribution in [0.25, 0.3) is 0 Å². The minimum absolute atomic E-state index is 0.0223. The predicted octanol–water partition coefficient (Wildman–Crippen LogP) is 2.00. The van der Waals surface area contributed by atoms with Crippen molar-refractivity contribution < 1.29 is 39.2 Å². The van der Waals surface area contributed by atoms with E-state index in [0.717, 1.165) is 18.4 Å². The molecule has 4 rings (SSSR count). The van der Waals surface area contributed by atoms with Crippen molar-refractivity contribution in [2.75, 3.05) is 13.2 Å². The zero-order valence-electron chi connectivity index (χ0n) is 23.0. The lowest BCUT2D eigenvalue weighted by atomic mass is 9.45. The van der Waals surface area contributed by atoms with Gasteiger partial charge in [-0.15, -0.1) is 0 Å². The Morgan fingerprint density at radius 3 is 2.53 bits per heavy atom. The molecule has 0 radical (unpaired) electrons. The Hall–Kier alpha value is -2.10. The second-order valence-electron chi connectivity index (χ2n) is 13.2. The Morgan fingerprint density at radius 1 is 1.13 bits per heavy atom. The number of rotatable bonds is 8. The lowest BCUT2D eigenvalue weighted by Crippen LogP contribution is -2.62. The first kappa shape index (κ1) is 28.9. The molecule has 0 saturated heterocycles. The van der Waals surface area contributed by atoms with E-state index in [4.69, 9.17) is 4.74 Å². The summed E-state index contributed by atoms with van der Waals surface area (Å²) in [7, 11) is 0. The fourth-order valence-electron chi connectivity index (χ4n) is 8.18. The third-order valence-electron chi connectivity index (χ3n) is 10.3. The van der Waals surface area contributed by atoms with Crippen molar-refractivity contribution in [2.45, 2.75) is 103 Å². The van der Waals surface area contributed by atoms with Crippen molar-refractivity contribution in [1.82, 2.24) is 5.32 Å². The molecular formula is C29H43NO8. The topological polar surface area (TPSA) is 150 Å². The smallest absolute Gasteiger partial charge is 0.306 e. The summed E-state index contributed by atoms with van der Waals surface area (Å²) < 4.78 is 5.16. The zero-order valence-corrected chi connectivity index (χ0v) is 23.0. The molecule has 0 bridgehead atoms. The predicted molar refractivity (Wildman–Crippen MR) is 138 cm³/mol. The van der Waals surface area contributed by atoms with E-state index in [9.17, 15) is 34.5 Å². The largest absolute Gasteiger partial charge is 0.458 e. The summed E-state index contributed by atoms with van der Waals surface area (Å²) in [5.41, 5.74) is -2.50. The van der Waals surface area contributed by atoms with Crippen LogP contribution in [0.5, 0.6) is 0 Å². The number of esters is 1. The van der Waals surface area contributed by atoms with E-state index in [1.807, 2.05) is 6.92 Å². The van der Waals surface area contributed by atoms with Crippen molar-refractivity contribution >= 4 is 23.4 Å². The van der Waals surface area contributed by atoms with Gasteiger partial charge in [0.2, 0.25) is 11.7 Å². The number of Topliss-reactive ketones (excluding diaryl/α,β-unsaturated/α-hetero) is 1. The summed E-state index contributed by atoms with van der Waals surface area (Å²) in [5.74, 6) is -1.40. The van der Waals surface area contributed by atoms with Crippen molar-refractivity contribution in [3.63, 3.8) is 0 Å². The number of carbonyl (C=O) groups is 4. The minimum Gasteiger partial charge on any atom is -0.458 e. The molecule has 38 heavy (non-hydrogen) atoms. The lowest BCUT2D eigenvalue weighted by Gasteiger charge is -2.60. The summed E-state index contributed by atoms with van der Waals surface area (Å²) in [6.45, 7) is 6.52. The van der Waals surface area contributed by atoms with Crippen LogP contribution in [0.4, 0.5) is 0 Å². The van der Waals surface area contributed by atoms with E-state index in [1.54, 1.807) is 19.9 Å². The molecular weight excluding hydrogens is 490 g/mol. The van der Waals surface area contributed by atoms with Gasteiger partial charge in [-0.3, -0.25) is 19.2 Å². The molecule has 3 fully saturated rings. The molecule has 9 heteroatoms. The highest BCUT2D eigenvalue weighted by atomic mass is 16.5. The maximum Gasteiger partial charge on any atom is 0.306 e. The molecule has 7 atom stereocenters. The Bertz CT molecular complexity index is 1040. The Kier molecular flexibility index (Phi) is 7.71. The van der Waals surface area contributed by atoms with Crippen LogP contribution in [0.3, 0.4) is 0 Å². The number of hydrogen-bond acceptors (Lipinski definition) is 8. The average molecular weight is 534 g/mol. The van der Waals surface area contributed by atoms with Gasteiger partial charge >= 0.3 is 5.97 Å². The molecule has 9 nitrogen and oxygen atoms in total. The van der Waals surface area contributed by atoms with Crippen molar-refractivity contribution in [3.8, 4) is 0 Å². The molecule has 3 saturated carbocycles. The van der Waals surface area contributed by atoms with Crippen LogP contribution in [0.15, 0.2) is 11.6 Å². The number of fused-ring (bicyclic) bond motifs is 5. The van der Waals surface area contributed by atoms with E-state index in [2.05, 4.69) is 12.2 Å². The SMILES string of the molecule is CC(C)(CO)NC(=O)CCC(=O)OCC(=O)[C@@]1(O)CC[C@@H]2[C@@H]3CCC4=CC(=O)CC[C@]4(C)[C@H]3[C@H](O)C[C@@]21C. The van der Waals surface area contributed by atoms with Crippen LogP contribution >= 0.6 is 0 Å². The summed E-state index contributed by atoms with van der Waals surface area (Å²) in [4.78, 5) is 49.7. The average Bonchev–Trinajstić information content (AvgIpc) is 3.12. The highest BCUT2D eigenvalue weighted by molar-refractivity contribution is 5.92. The number of amides is 1. The van der Waals surface area contributed by atoms with E-state index >= 15 is 0 Å². The van der Waals surface area contributed by atoms with Gasteiger partial charge in [-0.05, 0) is 81.6 Å². The molecule has 0 aromatic heterocycles. The van der Waals surface area contributed by atoms with Gasteiger partial charge in [0.1, 0.15) is 5.60 Å². The van der Waals surface area contributed by atoms with Crippen LogP contribution in [0.1, 0.15) is 85.5 Å². The maximum absolute atomic E-state index is 13.3. The molecule has 212 valence electrons. The monoisotopic (exact) mass is 533 g/mol. The van der Waals surface area contributed by atoms with Gasteiger partial charge in [-0.25, -0.2) is 0 Å². The number of aliphatic hydroxyl groups is 3. The van der Waals surface area contributed by atoms with Crippen LogP contribution in [-0.2, 0) is 23.9 Å². The Labute approximate surface area is 224 Å². The van der Waals surface area contributed by atoms with Crippen molar-refractivity contribution in [1.29, 1.82) is 0 Å². The lowest BCUT2D eigenvalue weighted by molar-refractivity contribution is -0.184. The van der Waals surface area contributed by atoms with E-state index in [1.165, 1.54) is 0 Å².